The summed E-state index contributed by atoms with van der Waals surface area (Å²) in [4.78, 5) is 0. The minimum Gasteiger partial charge on any atom is -0.310 e. The van der Waals surface area contributed by atoms with Crippen molar-refractivity contribution < 1.29 is 4.39 Å². The topological polar surface area (TPSA) is 12.0 Å². The monoisotopic (exact) mass is 147 g/mol. The van der Waals surface area contributed by atoms with Gasteiger partial charge < -0.3 is 5.32 Å². The summed E-state index contributed by atoms with van der Waals surface area (Å²) in [5, 5.41) is 2.83. The first kappa shape index (κ1) is 9.89. The lowest BCUT2D eigenvalue weighted by Crippen LogP contribution is -2.53. The van der Waals surface area contributed by atoms with Gasteiger partial charge in [0.1, 0.15) is 5.67 Å². The van der Waals surface area contributed by atoms with Gasteiger partial charge in [-0.1, -0.05) is 20.8 Å². The van der Waals surface area contributed by atoms with E-state index in [1.54, 1.807) is 6.92 Å². The van der Waals surface area contributed by atoms with E-state index in [0.29, 0.717) is 13.1 Å². The Morgan fingerprint density at radius 3 is 1.50 bits per heavy atom. The van der Waals surface area contributed by atoms with Crippen molar-refractivity contribution in [1.82, 2.24) is 5.32 Å². The highest BCUT2D eigenvalue weighted by Crippen LogP contribution is 2.12. The highest BCUT2D eigenvalue weighted by Gasteiger charge is 2.30. The molecule has 0 saturated carbocycles. The Labute approximate surface area is 63.0 Å². The Balaban J connectivity index is 0.000000180. The zero-order chi connectivity index (χ0) is 8.20. The lowest BCUT2D eigenvalue weighted by Gasteiger charge is -2.30. The summed E-state index contributed by atoms with van der Waals surface area (Å²) in [6.07, 6.45) is 0. The van der Waals surface area contributed by atoms with Gasteiger partial charge in [-0.25, -0.2) is 4.39 Å². The minimum absolute atomic E-state index is 0.535. The minimum atomic E-state index is -0.889. The Hall–Kier alpha value is -0.110. The maximum atomic E-state index is 12.1. The second kappa shape index (κ2) is 3.91. The predicted molar refractivity (Wildman–Crippen MR) is 42.9 cm³/mol. The number of halogens is 1. The van der Waals surface area contributed by atoms with Crippen LogP contribution in [0.25, 0.3) is 0 Å². The highest BCUT2D eigenvalue weighted by atomic mass is 19.1. The molecule has 0 aromatic rings. The maximum absolute atomic E-state index is 12.1. The average molecular weight is 147 g/mol. The quantitative estimate of drug-likeness (QED) is 0.552. The van der Waals surface area contributed by atoms with Gasteiger partial charge in [0.05, 0.1) is 0 Å². The van der Waals surface area contributed by atoms with E-state index < -0.39 is 5.67 Å². The molecule has 1 heterocycles. The van der Waals surface area contributed by atoms with Gasteiger partial charge in [0.25, 0.3) is 0 Å². The molecule has 1 nitrogen and oxygen atoms in total. The van der Waals surface area contributed by atoms with Gasteiger partial charge in [0.2, 0.25) is 0 Å². The third-order valence-electron chi connectivity index (χ3n) is 0.987. The highest BCUT2D eigenvalue weighted by molar-refractivity contribution is 4.87. The van der Waals surface area contributed by atoms with Crippen LogP contribution in [-0.4, -0.2) is 18.8 Å². The van der Waals surface area contributed by atoms with E-state index in [1.165, 1.54) is 0 Å². The number of hydrogen-bond donors (Lipinski definition) is 1. The van der Waals surface area contributed by atoms with E-state index in [-0.39, 0.29) is 0 Å². The van der Waals surface area contributed by atoms with Gasteiger partial charge in [-0.3, -0.25) is 0 Å². The van der Waals surface area contributed by atoms with Crippen LogP contribution in [0, 0.1) is 5.92 Å². The second-order valence-electron chi connectivity index (χ2n) is 3.75. The first-order valence-electron chi connectivity index (χ1n) is 3.84. The zero-order valence-corrected chi connectivity index (χ0v) is 7.37. The van der Waals surface area contributed by atoms with Crippen molar-refractivity contribution in [3.63, 3.8) is 0 Å². The summed E-state index contributed by atoms with van der Waals surface area (Å²) in [6.45, 7) is 9.17. The molecule has 0 aromatic heterocycles. The summed E-state index contributed by atoms with van der Waals surface area (Å²) in [7, 11) is 0. The fourth-order valence-corrected chi connectivity index (χ4v) is 0.469. The molecule has 1 aliphatic heterocycles. The molecule has 62 valence electrons. The molecular weight excluding hydrogens is 129 g/mol. The van der Waals surface area contributed by atoms with Crippen LogP contribution < -0.4 is 5.32 Å². The molecule has 0 atom stereocenters. The predicted octanol–water partition coefficient (Wildman–Crippen LogP) is 1.98. The molecule has 0 unspecified atom stereocenters. The molecule has 1 saturated heterocycles. The largest absolute Gasteiger partial charge is 0.310 e. The Kier molecular flexibility index (Phi) is 3.87. The molecule has 1 N–H and O–H groups in total. The first-order valence-corrected chi connectivity index (χ1v) is 3.84. The summed E-state index contributed by atoms with van der Waals surface area (Å²) in [6, 6.07) is 0. The molecule has 0 aromatic carbocycles. The number of nitrogens with one attached hydrogen (secondary N) is 1. The van der Waals surface area contributed by atoms with E-state index in [1.807, 2.05) is 0 Å². The molecule has 2 heteroatoms. The van der Waals surface area contributed by atoms with Crippen LogP contribution in [0.2, 0.25) is 0 Å². The molecule has 1 aliphatic rings. The fraction of sp³-hybridized carbons (Fsp3) is 1.00. The number of alkyl halides is 1. The van der Waals surface area contributed by atoms with Crippen molar-refractivity contribution in [2.45, 2.75) is 33.4 Å². The van der Waals surface area contributed by atoms with E-state index in [0.717, 1.165) is 5.92 Å². The number of rotatable bonds is 0. The van der Waals surface area contributed by atoms with Crippen LogP contribution in [0.3, 0.4) is 0 Å². The molecule has 0 amide bonds. The molecule has 1 fully saturated rings. The number of hydrogen-bond acceptors (Lipinski definition) is 1. The summed E-state index contributed by atoms with van der Waals surface area (Å²) in [5.41, 5.74) is -0.889. The van der Waals surface area contributed by atoms with Crippen LogP contribution in [0.1, 0.15) is 27.7 Å². The lowest BCUT2D eigenvalue weighted by molar-refractivity contribution is 0.113. The Morgan fingerprint density at radius 1 is 1.30 bits per heavy atom. The smallest absolute Gasteiger partial charge is 0.132 e. The van der Waals surface area contributed by atoms with Crippen molar-refractivity contribution in [3.8, 4) is 0 Å². The standard InChI is InChI=1S/C4H8FN.C4H10/c1-4(5)2-6-3-4;1-4(2)3/h6H,2-3H2,1H3;4H,1-3H3. The molecular formula is C8H18FN. The summed E-state index contributed by atoms with van der Waals surface area (Å²) < 4.78 is 12.1. The molecule has 1 rings (SSSR count). The van der Waals surface area contributed by atoms with Gasteiger partial charge in [0, 0.05) is 13.1 Å². The molecule has 0 spiro atoms. The van der Waals surface area contributed by atoms with E-state index >= 15 is 0 Å². The second-order valence-corrected chi connectivity index (χ2v) is 3.75. The molecule has 0 radical (unpaired) electrons. The zero-order valence-electron chi connectivity index (χ0n) is 7.37. The normalized spacial score (nSPS) is 21.0. The van der Waals surface area contributed by atoms with Crippen molar-refractivity contribution in [3.05, 3.63) is 0 Å². The van der Waals surface area contributed by atoms with Gasteiger partial charge in [-0.05, 0) is 12.8 Å². The molecule has 10 heavy (non-hydrogen) atoms. The van der Waals surface area contributed by atoms with E-state index in [4.69, 9.17) is 0 Å². The van der Waals surface area contributed by atoms with Crippen LogP contribution in [0.15, 0.2) is 0 Å². The molecule has 0 aliphatic carbocycles. The van der Waals surface area contributed by atoms with Gasteiger partial charge in [-0.2, -0.15) is 0 Å². The Bertz CT molecular complexity index is 80.5. The first-order chi connectivity index (χ1) is 4.44. The fourth-order valence-electron chi connectivity index (χ4n) is 0.469. The van der Waals surface area contributed by atoms with Crippen LogP contribution in [-0.2, 0) is 0 Å². The molecule has 0 bridgehead atoms. The van der Waals surface area contributed by atoms with E-state index in [2.05, 4.69) is 26.1 Å². The SMILES string of the molecule is CC(C)C.CC1(F)CNC1. The van der Waals surface area contributed by atoms with Crippen LogP contribution in [0.5, 0.6) is 0 Å². The van der Waals surface area contributed by atoms with Gasteiger partial charge in [0.15, 0.2) is 0 Å². The van der Waals surface area contributed by atoms with Gasteiger partial charge >= 0.3 is 0 Å². The summed E-state index contributed by atoms with van der Waals surface area (Å²) >= 11 is 0. The van der Waals surface area contributed by atoms with E-state index in [9.17, 15) is 4.39 Å². The average Bonchev–Trinajstić information content (AvgIpc) is 1.60. The van der Waals surface area contributed by atoms with Gasteiger partial charge in [-0.15, -0.1) is 0 Å². The lowest BCUT2D eigenvalue weighted by atomic mass is 10.0. The van der Waals surface area contributed by atoms with Crippen molar-refractivity contribution >= 4 is 0 Å². The van der Waals surface area contributed by atoms with Crippen molar-refractivity contribution in [1.29, 1.82) is 0 Å². The van der Waals surface area contributed by atoms with Crippen molar-refractivity contribution in [2.24, 2.45) is 5.92 Å². The third kappa shape index (κ3) is 6.02. The summed E-state index contributed by atoms with van der Waals surface area (Å²) in [5.74, 6) is 0.833. The Morgan fingerprint density at radius 2 is 1.50 bits per heavy atom. The van der Waals surface area contributed by atoms with Crippen LogP contribution >= 0.6 is 0 Å². The third-order valence-corrected chi connectivity index (χ3v) is 0.987. The maximum Gasteiger partial charge on any atom is 0.132 e. The van der Waals surface area contributed by atoms with Crippen molar-refractivity contribution in [2.75, 3.05) is 13.1 Å². The van der Waals surface area contributed by atoms with Crippen LogP contribution in [0.4, 0.5) is 4.39 Å².